The molecular weight excluding hydrogens is 216 g/mol. The van der Waals surface area contributed by atoms with Crippen LogP contribution in [0.1, 0.15) is 38.5 Å². The van der Waals surface area contributed by atoms with Gasteiger partial charge in [0.15, 0.2) is 0 Å². The van der Waals surface area contributed by atoms with Crippen LogP contribution in [0.15, 0.2) is 4.42 Å². The SMILES string of the molecule is CC1CCN(c2nnc(CNC3CC3)o2)CC1. The van der Waals surface area contributed by atoms with Crippen molar-refractivity contribution in [3.05, 3.63) is 5.89 Å². The molecule has 1 aromatic rings. The topological polar surface area (TPSA) is 54.2 Å². The van der Waals surface area contributed by atoms with Crippen LogP contribution in [0.5, 0.6) is 0 Å². The molecule has 1 aliphatic heterocycles. The van der Waals surface area contributed by atoms with E-state index in [0.717, 1.165) is 19.0 Å². The van der Waals surface area contributed by atoms with E-state index in [1.807, 2.05) is 0 Å². The normalized spacial score (nSPS) is 22.1. The van der Waals surface area contributed by atoms with Crippen LogP contribution in [0.25, 0.3) is 0 Å². The minimum absolute atomic E-state index is 0.682. The quantitative estimate of drug-likeness (QED) is 0.859. The zero-order valence-electron chi connectivity index (χ0n) is 10.4. The van der Waals surface area contributed by atoms with E-state index in [2.05, 4.69) is 27.3 Å². The van der Waals surface area contributed by atoms with Crippen molar-refractivity contribution in [1.29, 1.82) is 0 Å². The number of nitrogens with zero attached hydrogens (tertiary/aromatic N) is 3. The average Bonchev–Trinajstić information content (AvgIpc) is 3.06. The third-order valence-corrected chi connectivity index (χ3v) is 3.63. The molecule has 5 heteroatoms. The van der Waals surface area contributed by atoms with Crippen molar-refractivity contribution in [2.75, 3.05) is 18.0 Å². The second-order valence-corrected chi connectivity index (χ2v) is 5.30. The summed E-state index contributed by atoms with van der Waals surface area (Å²) in [6.07, 6.45) is 5.01. The first-order chi connectivity index (χ1) is 8.31. The largest absolute Gasteiger partial charge is 0.407 e. The van der Waals surface area contributed by atoms with Gasteiger partial charge in [0.2, 0.25) is 5.89 Å². The van der Waals surface area contributed by atoms with Crippen LogP contribution in [0.4, 0.5) is 6.01 Å². The van der Waals surface area contributed by atoms with Crippen molar-refractivity contribution >= 4 is 6.01 Å². The standard InChI is InChI=1S/C12H20N4O/c1-9-4-6-16(7-5-9)12-15-14-11(17-12)8-13-10-2-3-10/h9-10,13H,2-8H2,1H3. The summed E-state index contributed by atoms with van der Waals surface area (Å²) in [7, 11) is 0. The first-order valence-corrected chi connectivity index (χ1v) is 6.62. The number of hydrogen-bond acceptors (Lipinski definition) is 5. The molecule has 0 unspecified atom stereocenters. The van der Waals surface area contributed by atoms with Gasteiger partial charge in [-0.25, -0.2) is 0 Å². The molecule has 3 rings (SSSR count). The van der Waals surface area contributed by atoms with Crippen LogP contribution in [0.2, 0.25) is 0 Å². The summed E-state index contributed by atoms with van der Waals surface area (Å²) in [4.78, 5) is 2.20. The minimum atomic E-state index is 0.682. The Labute approximate surface area is 102 Å². The van der Waals surface area contributed by atoms with Gasteiger partial charge in [0.25, 0.3) is 0 Å². The number of rotatable bonds is 4. The van der Waals surface area contributed by atoms with Gasteiger partial charge in [-0.05, 0) is 31.6 Å². The second kappa shape index (κ2) is 4.64. The lowest BCUT2D eigenvalue weighted by atomic mass is 10.00. The van der Waals surface area contributed by atoms with Crippen molar-refractivity contribution in [2.24, 2.45) is 5.92 Å². The fraction of sp³-hybridized carbons (Fsp3) is 0.833. The van der Waals surface area contributed by atoms with E-state index in [1.54, 1.807) is 0 Å². The highest BCUT2D eigenvalue weighted by atomic mass is 16.4. The maximum absolute atomic E-state index is 5.68. The van der Waals surface area contributed by atoms with E-state index in [9.17, 15) is 0 Å². The molecule has 94 valence electrons. The molecule has 1 saturated carbocycles. The molecular formula is C12H20N4O. The van der Waals surface area contributed by atoms with Crippen LogP contribution in [0.3, 0.4) is 0 Å². The molecule has 0 atom stereocenters. The number of aromatic nitrogens is 2. The summed E-state index contributed by atoms with van der Waals surface area (Å²) in [5.74, 6) is 1.54. The monoisotopic (exact) mass is 236 g/mol. The molecule has 2 aliphatic rings. The Balaban J connectivity index is 1.55. The summed E-state index contributed by atoms with van der Waals surface area (Å²) in [5, 5.41) is 11.6. The minimum Gasteiger partial charge on any atom is -0.407 e. The van der Waals surface area contributed by atoms with Gasteiger partial charge in [0.1, 0.15) is 0 Å². The van der Waals surface area contributed by atoms with E-state index < -0.39 is 0 Å². The predicted molar refractivity (Wildman–Crippen MR) is 64.8 cm³/mol. The molecule has 0 amide bonds. The van der Waals surface area contributed by atoms with Crippen molar-refractivity contribution in [2.45, 2.75) is 45.2 Å². The second-order valence-electron chi connectivity index (χ2n) is 5.30. The smallest absolute Gasteiger partial charge is 0.318 e. The zero-order chi connectivity index (χ0) is 11.7. The van der Waals surface area contributed by atoms with E-state index >= 15 is 0 Å². The van der Waals surface area contributed by atoms with E-state index in [-0.39, 0.29) is 0 Å². The lowest BCUT2D eigenvalue weighted by Crippen LogP contribution is -2.32. The van der Waals surface area contributed by atoms with E-state index in [1.165, 1.54) is 25.7 Å². The Morgan fingerprint density at radius 2 is 2.00 bits per heavy atom. The number of anilines is 1. The lowest BCUT2D eigenvalue weighted by molar-refractivity contribution is 0.401. The highest BCUT2D eigenvalue weighted by molar-refractivity contribution is 5.24. The Hall–Kier alpha value is -1.10. The number of nitrogens with one attached hydrogen (secondary N) is 1. The third-order valence-electron chi connectivity index (χ3n) is 3.63. The molecule has 1 N–H and O–H groups in total. The molecule has 5 nitrogen and oxygen atoms in total. The Bertz CT molecular complexity index is 366. The van der Waals surface area contributed by atoms with Gasteiger partial charge in [0.05, 0.1) is 6.54 Å². The summed E-state index contributed by atoms with van der Waals surface area (Å²) >= 11 is 0. The van der Waals surface area contributed by atoms with Crippen molar-refractivity contribution in [3.8, 4) is 0 Å². The van der Waals surface area contributed by atoms with Crippen LogP contribution >= 0.6 is 0 Å². The molecule has 0 aromatic carbocycles. The highest BCUT2D eigenvalue weighted by Crippen LogP contribution is 2.22. The molecule has 0 bridgehead atoms. The van der Waals surface area contributed by atoms with Crippen molar-refractivity contribution in [1.82, 2.24) is 15.5 Å². The fourth-order valence-corrected chi connectivity index (χ4v) is 2.16. The number of piperidine rings is 1. The van der Waals surface area contributed by atoms with Gasteiger partial charge in [0, 0.05) is 19.1 Å². The summed E-state index contributed by atoms with van der Waals surface area (Å²) in [6, 6.07) is 1.38. The van der Waals surface area contributed by atoms with E-state index in [0.29, 0.717) is 24.5 Å². The van der Waals surface area contributed by atoms with Crippen molar-refractivity contribution < 1.29 is 4.42 Å². The first kappa shape index (κ1) is 11.0. The molecule has 1 aliphatic carbocycles. The Morgan fingerprint density at radius 1 is 1.24 bits per heavy atom. The Kier molecular flexibility index (Phi) is 3.01. The van der Waals surface area contributed by atoms with Crippen LogP contribution in [-0.2, 0) is 6.54 Å². The third kappa shape index (κ3) is 2.77. The summed E-state index contributed by atoms with van der Waals surface area (Å²) in [6.45, 7) is 5.09. The van der Waals surface area contributed by atoms with Gasteiger partial charge in [-0.1, -0.05) is 12.0 Å². The lowest BCUT2D eigenvalue weighted by Gasteiger charge is -2.28. The van der Waals surface area contributed by atoms with Gasteiger partial charge in [-0.2, -0.15) is 0 Å². The highest BCUT2D eigenvalue weighted by Gasteiger charge is 2.23. The molecule has 0 radical (unpaired) electrons. The number of hydrogen-bond donors (Lipinski definition) is 1. The predicted octanol–water partition coefficient (Wildman–Crippen LogP) is 1.56. The Morgan fingerprint density at radius 3 is 2.71 bits per heavy atom. The van der Waals surface area contributed by atoms with Crippen LogP contribution in [-0.4, -0.2) is 29.3 Å². The van der Waals surface area contributed by atoms with Crippen molar-refractivity contribution in [3.63, 3.8) is 0 Å². The maximum Gasteiger partial charge on any atom is 0.318 e. The van der Waals surface area contributed by atoms with Crippen LogP contribution < -0.4 is 10.2 Å². The maximum atomic E-state index is 5.68. The molecule has 1 saturated heterocycles. The fourth-order valence-electron chi connectivity index (χ4n) is 2.16. The summed E-state index contributed by atoms with van der Waals surface area (Å²) in [5.41, 5.74) is 0. The van der Waals surface area contributed by atoms with Crippen LogP contribution in [0, 0.1) is 5.92 Å². The van der Waals surface area contributed by atoms with Gasteiger partial charge in [-0.3, -0.25) is 0 Å². The van der Waals surface area contributed by atoms with Gasteiger partial charge >= 0.3 is 6.01 Å². The molecule has 1 aromatic heterocycles. The molecule has 2 fully saturated rings. The van der Waals surface area contributed by atoms with E-state index in [4.69, 9.17) is 4.42 Å². The molecule has 17 heavy (non-hydrogen) atoms. The van der Waals surface area contributed by atoms with Gasteiger partial charge < -0.3 is 14.6 Å². The molecule has 2 heterocycles. The zero-order valence-corrected chi connectivity index (χ0v) is 10.4. The molecule has 0 spiro atoms. The first-order valence-electron chi connectivity index (χ1n) is 6.62. The summed E-state index contributed by atoms with van der Waals surface area (Å²) < 4.78 is 5.68. The average molecular weight is 236 g/mol. The van der Waals surface area contributed by atoms with Gasteiger partial charge in [-0.15, -0.1) is 5.10 Å².